The summed E-state index contributed by atoms with van der Waals surface area (Å²) >= 11 is 1.60. The molecule has 0 aromatic heterocycles. The van der Waals surface area contributed by atoms with Crippen LogP contribution in [-0.2, 0) is 4.79 Å². The first kappa shape index (κ1) is 24.8. The number of piperidine rings is 1. The third-order valence-electron chi connectivity index (χ3n) is 7.21. The molecule has 34 heavy (non-hydrogen) atoms. The van der Waals surface area contributed by atoms with Crippen LogP contribution in [0, 0.1) is 5.41 Å². The minimum Gasteiger partial charge on any atom is -0.384 e. The van der Waals surface area contributed by atoms with Crippen molar-refractivity contribution in [2.24, 2.45) is 5.73 Å². The number of thioether (sulfide) groups is 1. The van der Waals surface area contributed by atoms with Crippen molar-refractivity contribution >= 4 is 29.2 Å². The van der Waals surface area contributed by atoms with E-state index in [-0.39, 0.29) is 22.5 Å². The molecule has 0 radical (unpaired) electrons. The van der Waals surface area contributed by atoms with Gasteiger partial charge in [-0.05, 0) is 63.3 Å². The van der Waals surface area contributed by atoms with E-state index in [4.69, 9.17) is 11.1 Å². The van der Waals surface area contributed by atoms with Gasteiger partial charge in [-0.15, -0.1) is 11.8 Å². The monoisotopic (exact) mass is 478 g/mol. The van der Waals surface area contributed by atoms with Gasteiger partial charge in [-0.3, -0.25) is 10.2 Å². The number of nitrogens with two attached hydrogens (primary N) is 1. The van der Waals surface area contributed by atoms with Crippen LogP contribution in [0.4, 0.5) is 5.69 Å². The Morgan fingerprint density at radius 3 is 2.76 bits per heavy atom. The molecule has 1 saturated heterocycles. The summed E-state index contributed by atoms with van der Waals surface area (Å²) in [6.45, 7) is 5.42. The Hall–Kier alpha value is -2.31. The lowest BCUT2D eigenvalue weighted by Crippen LogP contribution is -2.50. The van der Waals surface area contributed by atoms with E-state index in [9.17, 15) is 4.79 Å². The number of benzene rings is 2. The van der Waals surface area contributed by atoms with Crippen molar-refractivity contribution in [1.82, 2.24) is 5.32 Å². The highest BCUT2D eigenvalue weighted by atomic mass is 32.2. The highest BCUT2D eigenvalue weighted by Crippen LogP contribution is 2.46. The molecule has 1 unspecified atom stereocenters. The molecular weight excluding hydrogens is 440 g/mol. The first-order valence-corrected chi connectivity index (χ1v) is 13.5. The molecule has 0 bridgehead atoms. The van der Waals surface area contributed by atoms with Crippen molar-refractivity contribution in [3.63, 3.8) is 0 Å². The zero-order valence-electron chi connectivity index (χ0n) is 20.5. The Morgan fingerprint density at radius 2 is 1.97 bits per heavy atom. The number of hydrogen-bond donors (Lipinski definition) is 3. The van der Waals surface area contributed by atoms with Gasteiger partial charge in [0.25, 0.3) is 0 Å². The van der Waals surface area contributed by atoms with E-state index in [1.807, 2.05) is 41.3 Å². The molecule has 0 saturated carbocycles. The molecule has 1 fully saturated rings. The van der Waals surface area contributed by atoms with Crippen LogP contribution in [0.2, 0.25) is 0 Å². The molecule has 4 rings (SSSR count). The van der Waals surface area contributed by atoms with Crippen molar-refractivity contribution in [2.45, 2.75) is 86.9 Å². The van der Waals surface area contributed by atoms with Gasteiger partial charge in [-0.2, -0.15) is 0 Å². The molecule has 2 aliphatic rings. The number of para-hydroxylation sites is 1. The summed E-state index contributed by atoms with van der Waals surface area (Å²) in [4.78, 5) is 16.7. The maximum absolute atomic E-state index is 13.6. The van der Waals surface area contributed by atoms with Crippen molar-refractivity contribution in [3.05, 3.63) is 59.7 Å². The Balaban J connectivity index is 1.36. The van der Waals surface area contributed by atoms with Crippen molar-refractivity contribution in [2.75, 3.05) is 11.4 Å². The van der Waals surface area contributed by atoms with E-state index in [1.165, 1.54) is 38.5 Å². The van der Waals surface area contributed by atoms with Crippen LogP contribution in [0.25, 0.3) is 0 Å². The second kappa shape index (κ2) is 11.0. The lowest BCUT2D eigenvalue weighted by Gasteiger charge is -2.39. The fraction of sp³-hybridized carbons (Fsp3) is 0.500. The minimum atomic E-state index is -0.312. The van der Waals surface area contributed by atoms with E-state index >= 15 is 0 Å². The summed E-state index contributed by atoms with van der Waals surface area (Å²) < 4.78 is 0. The number of nitrogen functional groups attached to an aromatic ring is 1. The topological polar surface area (TPSA) is 82.2 Å². The van der Waals surface area contributed by atoms with Gasteiger partial charge in [-0.1, -0.05) is 56.0 Å². The van der Waals surface area contributed by atoms with Gasteiger partial charge in [0.15, 0.2) is 0 Å². The average molecular weight is 479 g/mol. The molecule has 2 heterocycles. The number of unbranched alkanes of at least 4 members (excludes halogenated alkanes) is 3. The molecule has 1 amide bonds. The molecule has 0 spiro atoms. The lowest BCUT2D eigenvalue weighted by atomic mass is 9.84. The van der Waals surface area contributed by atoms with Gasteiger partial charge in [-0.25, -0.2) is 0 Å². The number of amides is 1. The smallest absolute Gasteiger partial charge is 0.245 e. The van der Waals surface area contributed by atoms with Gasteiger partial charge in [0.2, 0.25) is 5.91 Å². The number of carbonyl (C=O) groups is 1. The van der Waals surface area contributed by atoms with Gasteiger partial charge < -0.3 is 16.0 Å². The second-order valence-electron chi connectivity index (χ2n) is 10.2. The standard InChI is InChI=1S/C28H38N4OS/c1-20-11-10-17-28(2,31-20)16-7-3-4-8-18-32-23-14-5-6-15-24(23)34-25(27(32)33)21-12-9-13-22(19-21)26(29)30/h5-6,9,12-15,19-20,25,31H,3-4,7-8,10-11,16-18H2,1-2H3,(H3,29,30)/t20-,25?,28+/m0/s1. The van der Waals surface area contributed by atoms with Gasteiger partial charge >= 0.3 is 0 Å². The number of amidine groups is 1. The maximum Gasteiger partial charge on any atom is 0.245 e. The van der Waals surface area contributed by atoms with E-state index in [2.05, 4.69) is 31.3 Å². The number of rotatable bonds is 9. The van der Waals surface area contributed by atoms with E-state index in [1.54, 1.807) is 11.8 Å². The summed E-state index contributed by atoms with van der Waals surface area (Å²) in [6, 6.07) is 16.4. The Labute approximate surface area is 208 Å². The average Bonchev–Trinajstić information content (AvgIpc) is 2.82. The molecule has 182 valence electrons. The third-order valence-corrected chi connectivity index (χ3v) is 8.52. The SMILES string of the molecule is C[C@H]1CCC[C@@](C)(CCCCCCN2C(=O)C(c3cccc(C(=N)N)c3)Sc3ccccc32)N1. The fourth-order valence-electron chi connectivity index (χ4n) is 5.40. The second-order valence-corrected chi connectivity index (χ2v) is 11.3. The molecule has 2 aromatic rings. The van der Waals surface area contributed by atoms with Gasteiger partial charge in [0, 0.05) is 28.6 Å². The van der Waals surface area contributed by atoms with Crippen LogP contribution >= 0.6 is 11.8 Å². The van der Waals surface area contributed by atoms with Crippen LogP contribution in [0.3, 0.4) is 0 Å². The highest BCUT2D eigenvalue weighted by molar-refractivity contribution is 8.00. The van der Waals surface area contributed by atoms with E-state index < -0.39 is 0 Å². The Bertz CT molecular complexity index is 1020. The summed E-state index contributed by atoms with van der Waals surface area (Å²) in [5.74, 6) is 0.149. The number of carbonyl (C=O) groups excluding carboxylic acids is 1. The van der Waals surface area contributed by atoms with E-state index in [0.717, 1.165) is 35.5 Å². The predicted molar refractivity (Wildman–Crippen MR) is 143 cm³/mol. The van der Waals surface area contributed by atoms with Crippen molar-refractivity contribution in [1.29, 1.82) is 5.41 Å². The van der Waals surface area contributed by atoms with Crippen molar-refractivity contribution < 1.29 is 4.79 Å². The molecule has 2 aromatic carbocycles. The first-order chi connectivity index (χ1) is 16.4. The summed E-state index contributed by atoms with van der Waals surface area (Å²) in [5.41, 5.74) is 8.57. The highest BCUT2D eigenvalue weighted by Gasteiger charge is 2.34. The van der Waals surface area contributed by atoms with Crippen LogP contribution in [0.15, 0.2) is 53.4 Å². The predicted octanol–water partition coefficient (Wildman–Crippen LogP) is 6.02. The summed E-state index contributed by atoms with van der Waals surface area (Å²) in [6.07, 6.45) is 9.70. The number of nitrogens with one attached hydrogen (secondary N) is 2. The molecule has 5 nitrogen and oxygen atoms in total. The van der Waals surface area contributed by atoms with Crippen LogP contribution in [0.5, 0.6) is 0 Å². The molecule has 4 N–H and O–H groups in total. The zero-order valence-corrected chi connectivity index (χ0v) is 21.3. The van der Waals surface area contributed by atoms with Crippen LogP contribution < -0.4 is 16.0 Å². The number of fused-ring (bicyclic) bond motifs is 1. The van der Waals surface area contributed by atoms with Crippen LogP contribution in [0.1, 0.15) is 81.6 Å². The Morgan fingerprint density at radius 1 is 1.18 bits per heavy atom. The fourth-order valence-corrected chi connectivity index (χ4v) is 6.62. The Kier molecular flexibility index (Phi) is 7.99. The van der Waals surface area contributed by atoms with Crippen LogP contribution in [-0.4, -0.2) is 29.9 Å². The number of hydrogen-bond acceptors (Lipinski definition) is 4. The first-order valence-electron chi connectivity index (χ1n) is 12.7. The maximum atomic E-state index is 13.6. The largest absolute Gasteiger partial charge is 0.384 e. The quantitative estimate of drug-likeness (QED) is 0.234. The molecule has 6 heteroatoms. The van der Waals surface area contributed by atoms with Crippen molar-refractivity contribution in [3.8, 4) is 0 Å². The molecule has 2 aliphatic heterocycles. The zero-order chi connectivity index (χ0) is 24.1. The normalized spacial score (nSPS) is 24.6. The molecule has 3 atom stereocenters. The third kappa shape index (κ3) is 5.84. The lowest BCUT2D eigenvalue weighted by molar-refractivity contribution is -0.118. The minimum absolute atomic E-state index is 0.0270. The number of nitrogens with zero attached hydrogens (tertiary/aromatic N) is 1. The molecule has 0 aliphatic carbocycles. The van der Waals surface area contributed by atoms with Gasteiger partial charge in [0.05, 0.1) is 5.69 Å². The summed E-state index contributed by atoms with van der Waals surface area (Å²) in [5, 5.41) is 11.3. The van der Waals surface area contributed by atoms with E-state index in [0.29, 0.717) is 11.6 Å². The summed E-state index contributed by atoms with van der Waals surface area (Å²) in [7, 11) is 0. The molecular formula is C28H38N4OS. The number of anilines is 1. The van der Waals surface area contributed by atoms with Gasteiger partial charge in [0.1, 0.15) is 11.1 Å².